The van der Waals surface area contributed by atoms with Gasteiger partial charge in [-0.2, -0.15) is 0 Å². The molecule has 0 bridgehead atoms. The van der Waals surface area contributed by atoms with E-state index in [2.05, 4.69) is 81.5 Å². The maximum absolute atomic E-state index is 13.0. The van der Waals surface area contributed by atoms with Gasteiger partial charge in [0.05, 0.1) is 19.8 Å². The van der Waals surface area contributed by atoms with E-state index in [0.717, 1.165) is 77.0 Å². The molecular weight excluding hydrogens is 1020 g/mol. The Bertz CT molecular complexity index is 1620. The topological polar surface area (TPSA) is 155 Å². The van der Waals surface area contributed by atoms with Crippen molar-refractivity contribution in [3.8, 4) is 0 Å². The van der Waals surface area contributed by atoms with E-state index >= 15 is 0 Å². The summed E-state index contributed by atoms with van der Waals surface area (Å²) in [6.07, 6.45) is 71.6. The first-order chi connectivity index (χ1) is 39.2. The number of phosphoric ester groups is 1. The zero-order chi connectivity index (χ0) is 58.3. The van der Waals surface area contributed by atoms with Crippen LogP contribution in [0.25, 0.3) is 0 Å². The molecule has 0 heterocycles. The quantitative estimate of drug-likeness (QED) is 0.0197. The number of aliphatic hydroxyl groups is 1. The van der Waals surface area contributed by atoms with E-state index in [1.807, 2.05) is 12.2 Å². The van der Waals surface area contributed by atoms with Crippen molar-refractivity contribution in [2.24, 2.45) is 0 Å². The van der Waals surface area contributed by atoms with Crippen LogP contribution in [0.5, 0.6) is 0 Å². The average Bonchev–Trinajstić information content (AvgIpc) is 3.45. The molecular formula is C68H121O11P. The van der Waals surface area contributed by atoms with Gasteiger partial charge in [-0.25, -0.2) is 4.57 Å². The number of phosphoric acid groups is 1. The Labute approximate surface area is 490 Å². The molecule has 2 N–H and O–H groups in total. The van der Waals surface area contributed by atoms with Gasteiger partial charge < -0.3 is 24.2 Å². The van der Waals surface area contributed by atoms with E-state index in [9.17, 15) is 28.9 Å². The molecule has 0 aliphatic carbocycles. The predicted molar refractivity (Wildman–Crippen MR) is 335 cm³/mol. The number of unbranched alkanes of at least 4 members (excludes halogenated alkanes) is 32. The first-order valence-electron chi connectivity index (χ1n) is 32.8. The van der Waals surface area contributed by atoms with Gasteiger partial charge >= 0.3 is 25.7 Å². The third-order valence-corrected chi connectivity index (χ3v) is 15.1. The SMILES string of the molecule is CC/C=C\C/C=C\C/C=C\C/C=C\C/C=C\C/C=C\CCC(=O)OC(COC(=O)CCCCCCCCCCCCCCCCCCCCC)COP(=O)(O)OCC(CO)OC(=O)CCCCCCCCCCCCCCCCC. The molecule has 0 rings (SSSR count). The number of carbonyl (C=O) groups excluding carboxylic acids is 3. The number of ether oxygens (including phenoxy) is 3. The highest BCUT2D eigenvalue weighted by Gasteiger charge is 2.28. The van der Waals surface area contributed by atoms with Gasteiger partial charge in [-0.1, -0.05) is 299 Å². The van der Waals surface area contributed by atoms with Crippen LogP contribution in [-0.2, 0) is 42.2 Å². The Morgan fingerprint density at radius 2 is 0.650 bits per heavy atom. The molecule has 0 saturated carbocycles. The third kappa shape index (κ3) is 59.5. The van der Waals surface area contributed by atoms with Crippen molar-refractivity contribution < 1.29 is 52.2 Å². The minimum Gasteiger partial charge on any atom is -0.462 e. The molecule has 3 atom stereocenters. The summed E-state index contributed by atoms with van der Waals surface area (Å²) in [4.78, 5) is 48.7. The number of allylic oxidation sites excluding steroid dienone is 12. The van der Waals surface area contributed by atoms with Crippen molar-refractivity contribution in [1.82, 2.24) is 0 Å². The highest BCUT2D eigenvalue weighted by Crippen LogP contribution is 2.43. The van der Waals surface area contributed by atoms with Crippen LogP contribution in [0.15, 0.2) is 72.9 Å². The molecule has 0 fully saturated rings. The van der Waals surface area contributed by atoms with Crippen molar-refractivity contribution >= 4 is 25.7 Å². The molecule has 0 aromatic heterocycles. The van der Waals surface area contributed by atoms with Crippen LogP contribution in [-0.4, -0.2) is 66.5 Å². The molecule has 0 amide bonds. The second kappa shape index (κ2) is 62.0. The summed E-state index contributed by atoms with van der Waals surface area (Å²) in [5.74, 6) is -1.55. The second-order valence-electron chi connectivity index (χ2n) is 21.9. The van der Waals surface area contributed by atoms with Crippen molar-refractivity contribution in [2.45, 2.75) is 315 Å². The fraction of sp³-hybridized carbons (Fsp3) is 0.779. The van der Waals surface area contributed by atoms with Crippen LogP contribution in [0.2, 0.25) is 0 Å². The molecule has 464 valence electrons. The molecule has 0 aliphatic rings. The largest absolute Gasteiger partial charge is 0.472 e. The average molecular weight is 1150 g/mol. The molecule has 0 radical (unpaired) electrons. The molecule has 3 unspecified atom stereocenters. The summed E-state index contributed by atoms with van der Waals surface area (Å²) >= 11 is 0. The van der Waals surface area contributed by atoms with E-state index in [1.54, 1.807) is 0 Å². The standard InChI is InChI=1S/C68H121O11P/c1-4-7-10-13-16-19-22-25-28-30-32-34-37-39-42-45-48-51-54-57-66(70)75-61-65(79-68(72)59-56-53-50-47-44-41-38-35-33-31-29-26-23-20-17-14-11-8-5-2)63-77-80(73,74)76-62-64(60-69)78-67(71)58-55-52-49-46-43-40-36-27-24-21-18-15-12-9-6-3/h8,11,17,20,26,29,33,35,41,44,50,53,64-65,69H,4-7,9-10,12-16,18-19,21-25,27-28,30-32,34,36-40,42-43,45-49,51-52,54-63H2,1-3H3,(H,73,74)/b11-8-,20-17-,29-26-,35-33-,44-41-,53-50-. The van der Waals surface area contributed by atoms with Crippen LogP contribution in [0.3, 0.4) is 0 Å². The monoisotopic (exact) mass is 1140 g/mol. The Balaban J connectivity index is 4.77. The van der Waals surface area contributed by atoms with Crippen LogP contribution in [0.1, 0.15) is 303 Å². The molecule has 0 aromatic carbocycles. The smallest absolute Gasteiger partial charge is 0.462 e. The van der Waals surface area contributed by atoms with E-state index in [0.29, 0.717) is 19.3 Å². The molecule has 0 aliphatic heterocycles. The maximum Gasteiger partial charge on any atom is 0.472 e. The first-order valence-corrected chi connectivity index (χ1v) is 34.3. The molecule has 80 heavy (non-hydrogen) atoms. The molecule has 12 heteroatoms. The number of hydrogen-bond donors (Lipinski definition) is 2. The molecule has 0 aromatic rings. The van der Waals surface area contributed by atoms with Gasteiger partial charge in [-0.3, -0.25) is 23.4 Å². The lowest BCUT2D eigenvalue weighted by molar-refractivity contribution is -0.161. The van der Waals surface area contributed by atoms with E-state index in [4.69, 9.17) is 23.3 Å². The fourth-order valence-corrected chi connectivity index (χ4v) is 9.99. The van der Waals surface area contributed by atoms with Gasteiger partial charge in [0.25, 0.3) is 0 Å². The molecule has 0 saturated heterocycles. The first kappa shape index (κ1) is 76.9. The second-order valence-corrected chi connectivity index (χ2v) is 23.4. The Hall–Kier alpha value is -3.08. The Kier molecular flexibility index (Phi) is 59.6. The number of carbonyl (C=O) groups is 3. The van der Waals surface area contributed by atoms with Crippen molar-refractivity contribution in [2.75, 3.05) is 26.4 Å². The van der Waals surface area contributed by atoms with Gasteiger partial charge in [0.2, 0.25) is 0 Å². The molecule has 0 spiro atoms. The minimum atomic E-state index is -4.77. The van der Waals surface area contributed by atoms with Gasteiger partial charge in [0, 0.05) is 19.3 Å². The highest BCUT2D eigenvalue weighted by molar-refractivity contribution is 7.47. The van der Waals surface area contributed by atoms with Gasteiger partial charge in [0.1, 0.15) is 12.7 Å². The van der Waals surface area contributed by atoms with Crippen molar-refractivity contribution in [1.29, 1.82) is 0 Å². The summed E-state index contributed by atoms with van der Waals surface area (Å²) in [7, 11) is -4.77. The van der Waals surface area contributed by atoms with Gasteiger partial charge in [-0.05, 0) is 57.8 Å². The maximum atomic E-state index is 13.0. The van der Waals surface area contributed by atoms with Gasteiger partial charge in [0.15, 0.2) is 6.10 Å². The summed E-state index contributed by atoms with van der Waals surface area (Å²) in [5, 5.41) is 9.85. The Morgan fingerprint density at radius 3 is 1.00 bits per heavy atom. The summed E-state index contributed by atoms with van der Waals surface area (Å²) in [6.45, 7) is 4.51. The van der Waals surface area contributed by atoms with Crippen LogP contribution < -0.4 is 0 Å². The lowest BCUT2D eigenvalue weighted by atomic mass is 10.0. The zero-order valence-electron chi connectivity index (χ0n) is 51.5. The number of rotatable bonds is 61. The predicted octanol–water partition coefficient (Wildman–Crippen LogP) is 20.0. The summed E-state index contributed by atoms with van der Waals surface area (Å²) < 4.78 is 39.6. The Morgan fingerprint density at radius 1 is 0.362 bits per heavy atom. The van der Waals surface area contributed by atoms with Crippen molar-refractivity contribution in [3.05, 3.63) is 72.9 Å². The summed E-state index contributed by atoms with van der Waals surface area (Å²) in [6, 6.07) is 0. The summed E-state index contributed by atoms with van der Waals surface area (Å²) in [5.41, 5.74) is 0. The van der Waals surface area contributed by atoms with Crippen LogP contribution in [0.4, 0.5) is 0 Å². The number of esters is 3. The third-order valence-electron chi connectivity index (χ3n) is 14.2. The van der Waals surface area contributed by atoms with Crippen LogP contribution >= 0.6 is 7.82 Å². The van der Waals surface area contributed by atoms with Crippen LogP contribution in [0, 0.1) is 0 Å². The highest BCUT2D eigenvalue weighted by atomic mass is 31.2. The zero-order valence-corrected chi connectivity index (χ0v) is 52.4. The van der Waals surface area contributed by atoms with E-state index < -0.39 is 57.8 Å². The fourth-order valence-electron chi connectivity index (χ4n) is 9.21. The molecule has 11 nitrogen and oxygen atoms in total. The number of aliphatic hydroxyl groups excluding tert-OH is 1. The van der Waals surface area contributed by atoms with E-state index in [1.165, 1.54) is 167 Å². The van der Waals surface area contributed by atoms with Gasteiger partial charge in [-0.15, -0.1) is 0 Å². The minimum absolute atomic E-state index is 0.0439. The lowest BCUT2D eigenvalue weighted by Gasteiger charge is -2.21. The number of hydrogen-bond acceptors (Lipinski definition) is 10. The lowest BCUT2D eigenvalue weighted by Crippen LogP contribution is -2.30. The van der Waals surface area contributed by atoms with Crippen molar-refractivity contribution in [3.63, 3.8) is 0 Å². The van der Waals surface area contributed by atoms with E-state index in [-0.39, 0.29) is 25.9 Å². The normalized spacial score (nSPS) is 13.7.